The fraction of sp³-hybridized carbons (Fsp3) is 0.368. The number of aromatic nitrogens is 1. The summed E-state index contributed by atoms with van der Waals surface area (Å²) in [6.07, 6.45) is 3.42. The van der Waals surface area contributed by atoms with E-state index < -0.39 is 0 Å². The summed E-state index contributed by atoms with van der Waals surface area (Å²) in [5.74, 6) is 0.0516. The van der Waals surface area contributed by atoms with Crippen molar-refractivity contribution in [1.82, 2.24) is 14.8 Å². The molecule has 6 heteroatoms. The minimum absolute atomic E-state index is 0.0516. The van der Waals surface area contributed by atoms with Crippen LogP contribution in [0.1, 0.15) is 29.2 Å². The third-order valence-electron chi connectivity index (χ3n) is 4.56. The Morgan fingerprint density at radius 1 is 1.28 bits per heavy atom. The Bertz CT molecular complexity index is 766. The lowest BCUT2D eigenvalue weighted by Crippen LogP contribution is -2.48. The van der Waals surface area contributed by atoms with E-state index in [1.807, 2.05) is 35.4 Å². The van der Waals surface area contributed by atoms with Crippen molar-refractivity contribution in [2.24, 2.45) is 0 Å². The average Bonchev–Trinajstić information content (AvgIpc) is 3.05. The van der Waals surface area contributed by atoms with Gasteiger partial charge in [-0.2, -0.15) is 0 Å². The summed E-state index contributed by atoms with van der Waals surface area (Å²) in [4.78, 5) is 21.0. The highest BCUT2D eigenvalue weighted by Gasteiger charge is 2.24. The van der Waals surface area contributed by atoms with E-state index in [0.29, 0.717) is 0 Å². The van der Waals surface area contributed by atoms with Gasteiger partial charge in [0, 0.05) is 48.7 Å². The fourth-order valence-corrected chi connectivity index (χ4v) is 3.93. The summed E-state index contributed by atoms with van der Waals surface area (Å²) in [6, 6.07) is 8.22. The maximum Gasteiger partial charge on any atom is 0.246 e. The zero-order valence-corrected chi connectivity index (χ0v) is 16.1. The maximum atomic E-state index is 12.4. The second-order valence-electron chi connectivity index (χ2n) is 6.18. The van der Waals surface area contributed by atoms with Crippen LogP contribution in [0.4, 0.5) is 0 Å². The molecule has 4 nitrogen and oxygen atoms in total. The topological polar surface area (TPSA) is 36.4 Å². The minimum Gasteiger partial charge on any atom is -0.337 e. The van der Waals surface area contributed by atoms with Crippen LogP contribution in [0, 0.1) is 6.92 Å². The van der Waals surface area contributed by atoms with Crippen LogP contribution in [-0.4, -0.2) is 46.9 Å². The molecule has 132 valence electrons. The van der Waals surface area contributed by atoms with Gasteiger partial charge in [0.05, 0.1) is 10.7 Å². The van der Waals surface area contributed by atoms with Crippen molar-refractivity contribution in [2.75, 3.05) is 26.2 Å². The molecule has 0 spiro atoms. The zero-order chi connectivity index (χ0) is 17.8. The number of rotatable bonds is 4. The summed E-state index contributed by atoms with van der Waals surface area (Å²) in [6.45, 7) is 7.29. The molecule has 25 heavy (non-hydrogen) atoms. The van der Waals surface area contributed by atoms with Gasteiger partial charge in [-0.05, 0) is 31.6 Å². The van der Waals surface area contributed by atoms with Crippen LogP contribution < -0.4 is 0 Å². The van der Waals surface area contributed by atoms with Gasteiger partial charge in [0.2, 0.25) is 5.91 Å². The largest absolute Gasteiger partial charge is 0.337 e. The van der Waals surface area contributed by atoms with Gasteiger partial charge in [-0.25, -0.2) is 4.98 Å². The lowest BCUT2D eigenvalue weighted by Gasteiger charge is -2.38. The first-order valence-electron chi connectivity index (χ1n) is 8.42. The number of piperazine rings is 1. The standard InChI is InChI=1S/C19H22ClN3OS/c1-14(17-5-3-4-6-18(17)20)22-9-11-23(12-10-22)19(24)8-7-16-13-25-15(2)21-16/h3-8,13-14H,9-12H2,1-2H3/b8-7+. The van der Waals surface area contributed by atoms with Crippen molar-refractivity contribution < 1.29 is 4.79 Å². The van der Waals surface area contributed by atoms with E-state index in [1.54, 1.807) is 23.5 Å². The number of nitrogens with zero attached hydrogens (tertiary/aromatic N) is 3. The fourth-order valence-electron chi connectivity index (χ4n) is 3.06. The Labute approximate surface area is 157 Å². The first-order chi connectivity index (χ1) is 12.0. The van der Waals surface area contributed by atoms with Crippen molar-refractivity contribution in [1.29, 1.82) is 0 Å². The number of aryl methyl sites for hydroxylation is 1. The molecule has 0 aliphatic carbocycles. The van der Waals surface area contributed by atoms with Crippen LogP contribution in [0.15, 0.2) is 35.7 Å². The molecule has 1 amide bonds. The highest BCUT2D eigenvalue weighted by Crippen LogP contribution is 2.27. The Balaban J connectivity index is 1.55. The molecule has 1 aliphatic rings. The molecule has 1 aromatic heterocycles. The van der Waals surface area contributed by atoms with Crippen molar-refractivity contribution in [2.45, 2.75) is 19.9 Å². The van der Waals surface area contributed by atoms with Crippen LogP contribution in [0.25, 0.3) is 6.08 Å². The van der Waals surface area contributed by atoms with Gasteiger partial charge in [0.1, 0.15) is 0 Å². The lowest BCUT2D eigenvalue weighted by atomic mass is 10.1. The summed E-state index contributed by atoms with van der Waals surface area (Å²) >= 11 is 7.90. The predicted octanol–water partition coefficient (Wildman–Crippen LogP) is 4.02. The van der Waals surface area contributed by atoms with E-state index in [0.717, 1.165) is 47.5 Å². The third kappa shape index (κ3) is 4.48. The van der Waals surface area contributed by atoms with Crippen LogP contribution >= 0.6 is 22.9 Å². The lowest BCUT2D eigenvalue weighted by molar-refractivity contribution is -0.127. The maximum absolute atomic E-state index is 12.4. The minimum atomic E-state index is 0.0516. The van der Waals surface area contributed by atoms with Crippen LogP contribution in [0.3, 0.4) is 0 Å². The molecule has 0 bridgehead atoms. The number of halogens is 1. The number of hydrogen-bond donors (Lipinski definition) is 0. The van der Waals surface area contributed by atoms with Gasteiger partial charge >= 0.3 is 0 Å². The SMILES string of the molecule is Cc1nc(/C=C/C(=O)N2CCN(C(C)c3ccccc3Cl)CC2)cs1. The first-order valence-corrected chi connectivity index (χ1v) is 9.68. The first kappa shape index (κ1) is 18.1. The normalized spacial score (nSPS) is 17.2. The number of carbonyl (C=O) groups excluding carboxylic acids is 1. The molecule has 1 unspecified atom stereocenters. The van der Waals surface area contributed by atoms with E-state index in [1.165, 1.54) is 0 Å². The molecule has 0 N–H and O–H groups in total. The van der Waals surface area contributed by atoms with Crippen LogP contribution in [0.5, 0.6) is 0 Å². The molecule has 0 radical (unpaired) electrons. The van der Waals surface area contributed by atoms with Gasteiger partial charge in [0.25, 0.3) is 0 Å². The van der Waals surface area contributed by atoms with Crippen LogP contribution in [0.2, 0.25) is 5.02 Å². The second kappa shape index (κ2) is 8.13. The zero-order valence-electron chi connectivity index (χ0n) is 14.5. The van der Waals surface area contributed by atoms with E-state index >= 15 is 0 Å². The van der Waals surface area contributed by atoms with E-state index in [-0.39, 0.29) is 11.9 Å². The number of amides is 1. The average molecular weight is 376 g/mol. The predicted molar refractivity (Wildman–Crippen MR) is 104 cm³/mol. The molecule has 1 aromatic carbocycles. The third-order valence-corrected chi connectivity index (χ3v) is 5.70. The van der Waals surface area contributed by atoms with E-state index in [9.17, 15) is 4.79 Å². The van der Waals surface area contributed by atoms with E-state index in [4.69, 9.17) is 11.6 Å². The quantitative estimate of drug-likeness (QED) is 0.757. The Morgan fingerprint density at radius 3 is 2.64 bits per heavy atom. The molecule has 1 fully saturated rings. The van der Waals surface area contributed by atoms with Crippen molar-refractivity contribution in [3.63, 3.8) is 0 Å². The molecule has 2 heterocycles. The highest BCUT2D eigenvalue weighted by molar-refractivity contribution is 7.09. The Kier molecular flexibility index (Phi) is 5.89. The summed E-state index contributed by atoms with van der Waals surface area (Å²) in [7, 11) is 0. The highest BCUT2D eigenvalue weighted by atomic mass is 35.5. The smallest absolute Gasteiger partial charge is 0.246 e. The molecule has 1 atom stereocenters. The number of thiazole rings is 1. The van der Waals surface area contributed by atoms with Gasteiger partial charge in [0.15, 0.2) is 0 Å². The van der Waals surface area contributed by atoms with E-state index in [2.05, 4.69) is 22.9 Å². The molecule has 1 saturated heterocycles. The number of hydrogen-bond acceptors (Lipinski definition) is 4. The molecular formula is C19H22ClN3OS. The van der Waals surface area contributed by atoms with Crippen molar-refractivity contribution in [3.05, 3.63) is 57.0 Å². The van der Waals surface area contributed by atoms with Crippen molar-refractivity contribution in [3.8, 4) is 0 Å². The summed E-state index contributed by atoms with van der Waals surface area (Å²) < 4.78 is 0. The van der Waals surface area contributed by atoms with Gasteiger partial charge in [-0.1, -0.05) is 29.8 Å². The molecule has 1 aliphatic heterocycles. The second-order valence-corrected chi connectivity index (χ2v) is 7.65. The molecular weight excluding hydrogens is 354 g/mol. The van der Waals surface area contributed by atoms with Crippen molar-refractivity contribution >= 4 is 34.9 Å². The molecule has 0 saturated carbocycles. The van der Waals surface area contributed by atoms with Gasteiger partial charge in [-0.15, -0.1) is 11.3 Å². The Morgan fingerprint density at radius 2 is 2.00 bits per heavy atom. The number of benzene rings is 1. The van der Waals surface area contributed by atoms with Crippen LogP contribution in [-0.2, 0) is 4.79 Å². The van der Waals surface area contributed by atoms with Gasteiger partial charge < -0.3 is 4.90 Å². The number of carbonyl (C=O) groups is 1. The molecule has 3 rings (SSSR count). The van der Waals surface area contributed by atoms with Gasteiger partial charge in [-0.3, -0.25) is 9.69 Å². The summed E-state index contributed by atoms with van der Waals surface area (Å²) in [5.41, 5.74) is 1.99. The monoisotopic (exact) mass is 375 g/mol. The Hall–Kier alpha value is -1.69. The summed E-state index contributed by atoms with van der Waals surface area (Å²) in [5, 5.41) is 3.77. The molecule has 2 aromatic rings.